The van der Waals surface area contributed by atoms with Gasteiger partial charge in [-0.15, -0.1) is 0 Å². The van der Waals surface area contributed by atoms with Crippen LogP contribution in [0.4, 0.5) is 0 Å². The molecule has 0 unspecified atom stereocenters. The lowest BCUT2D eigenvalue weighted by atomic mass is 9.96. The molecule has 1 fully saturated rings. The lowest BCUT2D eigenvalue weighted by Crippen LogP contribution is -2.39. The number of piperidine rings is 1. The maximum atomic E-state index is 11.8. The van der Waals surface area contributed by atoms with Crippen molar-refractivity contribution in [1.29, 1.82) is 5.26 Å². The number of carbonyl (C=O) groups is 2. The smallest absolute Gasteiger partial charge is 0.267 e. The predicted octanol–water partition coefficient (Wildman–Crippen LogP) is 0.204. The summed E-state index contributed by atoms with van der Waals surface area (Å²) in [6.45, 7) is 3.23. The number of nitrogens with zero attached hydrogens (tertiary/aromatic N) is 2. The Morgan fingerprint density at radius 2 is 2.18 bits per heavy atom. The van der Waals surface area contributed by atoms with Gasteiger partial charge in [0.15, 0.2) is 0 Å². The summed E-state index contributed by atoms with van der Waals surface area (Å²) in [7, 11) is 0. The van der Waals surface area contributed by atoms with E-state index in [4.69, 9.17) is 11.0 Å². The van der Waals surface area contributed by atoms with Gasteiger partial charge in [-0.2, -0.15) is 5.26 Å². The van der Waals surface area contributed by atoms with Gasteiger partial charge in [-0.05, 0) is 45.0 Å². The van der Waals surface area contributed by atoms with Crippen molar-refractivity contribution in [1.82, 2.24) is 15.2 Å². The van der Waals surface area contributed by atoms with Crippen molar-refractivity contribution in [2.75, 3.05) is 26.2 Å². The molecule has 2 heterocycles. The van der Waals surface area contributed by atoms with Crippen LogP contribution in [0.15, 0.2) is 12.3 Å². The van der Waals surface area contributed by atoms with E-state index in [0.717, 1.165) is 38.9 Å². The molecule has 1 saturated heterocycles. The molecule has 0 aliphatic carbocycles. The van der Waals surface area contributed by atoms with E-state index in [1.54, 1.807) is 0 Å². The summed E-state index contributed by atoms with van der Waals surface area (Å²) in [4.78, 5) is 28.0. The number of aromatic nitrogens is 1. The van der Waals surface area contributed by atoms with Gasteiger partial charge in [0.2, 0.25) is 5.91 Å². The molecule has 0 spiro atoms. The Labute approximate surface area is 129 Å². The monoisotopic (exact) mass is 303 g/mol. The zero-order chi connectivity index (χ0) is 15.9. The zero-order valence-electron chi connectivity index (χ0n) is 12.5. The van der Waals surface area contributed by atoms with E-state index in [1.807, 2.05) is 6.07 Å². The van der Waals surface area contributed by atoms with Gasteiger partial charge in [0.1, 0.15) is 11.8 Å². The van der Waals surface area contributed by atoms with Crippen LogP contribution in [0.2, 0.25) is 0 Å². The number of amides is 2. The van der Waals surface area contributed by atoms with E-state index in [1.165, 1.54) is 12.3 Å². The molecule has 7 heteroatoms. The van der Waals surface area contributed by atoms with E-state index >= 15 is 0 Å². The molecule has 1 aromatic rings. The second-order valence-corrected chi connectivity index (χ2v) is 5.54. The maximum absolute atomic E-state index is 11.8. The van der Waals surface area contributed by atoms with Gasteiger partial charge in [-0.1, -0.05) is 0 Å². The lowest BCUT2D eigenvalue weighted by Gasteiger charge is -2.30. The molecule has 1 aliphatic heterocycles. The fourth-order valence-corrected chi connectivity index (χ4v) is 2.63. The standard InChI is InChI=1S/C15H21N5O2/c16-9-11-8-13(19-10-11)15(22)18-4-1-5-20-6-2-12(3-7-20)14(17)21/h8,10,12,19H,1-7H2,(H2,17,21)(H,18,22). The lowest BCUT2D eigenvalue weighted by molar-refractivity contribution is -0.123. The molecule has 2 amide bonds. The van der Waals surface area contributed by atoms with Crippen LogP contribution in [0.25, 0.3) is 0 Å². The number of nitrogens with two attached hydrogens (primary N) is 1. The SMILES string of the molecule is N#Cc1c[nH]c(C(=O)NCCCN2CCC(C(N)=O)CC2)c1. The minimum Gasteiger partial charge on any atom is -0.369 e. The average molecular weight is 303 g/mol. The number of carbonyl (C=O) groups excluding carboxylic acids is 2. The largest absolute Gasteiger partial charge is 0.369 e. The van der Waals surface area contributed by atoms with Gasteiger partial charge in [-0.25, -0.2) is 0 Å². The number of hydrogen-bond donors (Lipinski definition) is 3. The topological polar surface area (TPSA) is 115 Å². The summed E-state index contributed by atoms with van der Waals surface area (Å²) in [5, 5.41) is 11.5. The molecule has 118 valence electrons. The maximum Gasteiger partial charge on any atom is 0.267 e. The van der Waals surface area contributed by atoms with Crippen LogP contribution in [0.5, 0.6) is 0 Å². The van der Waals surface area contributed by atoms with E-state index in [9.17, 15) is 9.59 Å². The van der Waals surface area contributed by atoms with Crippen molar-refractivity contribution in [2.24, 2.45) is 11.7 Å². The summed E-state index contributed by atoms with van der Waals surface area (Å²) in [5.74, 6) is -0.387. The van der Waals surface area contributed by atoms with Crippen LogP contribution in [-0.2, 0) is 4.79 Å². The molecule has 7 nitrogen and oxygen atoms in total. The number of H-pyrrole nitrogens is 1. The van der Waals surface area contributed by atoms with Gasteiger partial charge < -0.3 is 20.9 Å². The first-order valence-corrected chi connectivity index (χ1v) is 7.48. The summed E-state index contributed by atoms with van der Waals surface area (Å²) in [6.07, 6.45) is 4.00. The number of rotatable bonds is 6. The summed E-state index contributed by atoms with van der Waals surface area (Å²) in [5.41, 5.74) is 6.16. The molecular formula is C15H21N5O2. The first-order valence-electron chi connectivity index (χ1n) is 7.48. The molecule has 2 rings (SSSR count). The first-order chi connectivity index (χ1) is 10.6. The summed E-state index contributed by atoms with van der Waals surface area (Å²) in [6, 6.07) is 3.50. The van der Waals surface area contributed by atoms with Crippen LogP contribution in [0, 0.1) is 17.2 Å². The van der Waals surface area contributed by atoms with E-state index in [0.29, 0.717) is 17.8 Å². The minimum absolute atomic E-state index is 0.0122. The van der Waals surface area contributed by atoms with Crippen LogP contribution in [0.1, 0.15) is 35.3 Å². The van der Waals surface area contributed by atoms with Gasteiger partial charge in [-0.3, -0.25) is 9.59 Å². The number of nitrogens with one attached hydrogen (secondary N) is 2. The summed E-state index contributed by atoms with van der Waals surface area (Å²) >= 11 is 0. The van der Waals surface area contributed by atoms with Gasteiger partial charge in [0.05, 0.1) is 5.56 Å². The highest BCUT2D eigenvalue weighted by Crippen LogP contribution is 2.16. The Kier molecular flexibility index (Phi) is 5.55. The fourth-order valence-electron chi connectivity index (χ4n) is 2.63. The van der Waals surface area contributed by atoms with Crippen LogP contribution in [0.3, 0.4) is 0 Å². The Balaban J connectivity index is 1.62. The van der Waals surface area contributed by atoms with Crippen LogP contribution in [-0.4, -0.2) is 47.9 Å². The van der Waals surface area contributed by atoms with Crippen LogP contribution < -0.4 is 11.1 Å². The molecule has 0 bridgehead atoms. The number of primary amides is 1. The average Bonchev–Trinajstić information content (AvgIpc) is 3.01. The molecule has 1 aromatic heterocycles. The number of aromatic amines is 1. The normalized spacial score (nSPS) is 16.1. The fraction of sp³-hybridized carbons (Fsp3) is 0.533. The highest BCUT2D eigenvalue weighted by atomic mass is 16.2. The molecule has 0 atom stereocenters. The number of hydrogen-bond acceptors (Lipinski definition) is 4. The number of likely N-dealkylation sites (tertiary alicyclic amines) is 1. The van der Waals surface area contributed by atoms with E-state index < -0.39 is 0 Å². The third-order valence-electron chi connectivity index (χ3n) is 3.98. The van der Waals surface area contributed by atoms with E-state index in [-0.39, 0.29) is 17.7 Å². The minimum atomic E-state index is -0.200. The van der Waals surface area contributed by atoms with E-state index in [2.05, 4.69) is 15.2 Å². The third kappa shape index (κ3) is 4.33. The van der Waals surface area contributed by atoms with Crippen molar-refractivity contribution in [3.05, 3.63) is 23.5 Å². The molecule has 22 heavy (non-hydrogen) atoms. The predicted molar refractivity (Wildman–Crippen MR) is 80.8 cm³/mol. The second-order valence-electron chi connectivity index (χ2n) is 5.54. The van der Waals surface area contributed by atoms with Crippen molar-refractivity contribution in [3.8, 4) is 6.07 Å². The molecule has 1 aliphatic rings. The Morgan fingerprint density at radius 1 is 1.45 bits per heavy atom. The van der Waals surface area contributed by atoms with Crippen molar-refractivity contribution >= 4 is 11.8 Å². The van der Waals surface area contributed by atoms with Crippen LogP contribution >= 0.6 is 0 Å². The van der Waals surface area contributed by atoms with Gasteiger partial charge in [0.25, 0.3) is 5.91 Å². The molecule has 0 radical (unpaired) electrons. The van der Waals surface area contributed by atoms with Crippen molar-refractivity contribution in [3.63, 3.8) is 0 Å². The highest BCUT2D eigenvalue weighted by Gasteiger charge is 2.22. The van der Waals surface area contributed by atoms with Crippen molar-refractivity contribution in [2.45, 2.75) is 19.3 Å². The van der Waals surface area contributed by atoms with Gasteiger partial charge >= 0.3 is 0 Å². The summed E-state index contributed by atoms with van der Waals surface area (Å²) < 4.78 is 0. The molecular weight excluding hydrogens is 282 g/mol. The second kappa shape index (κ2) is 7.61. The molecule has 4 N–H and O–H groups in total. The quantitative estimate of drug-likeness (QED) is 0.651. The first kappa shape index (κ1) is 16.0. The highest BCUT2D eigenvalue weighted by molar-refractivity contribution is 5.92. The molecule has 0 aromatic carbocycles. The van der Waals surface area contributed by atoms with Crippen molar-refractivity contribution < 1.29 is 9.59 Å². The number of nitriles is 1. The Hall–Kier alpha value is -2.33. The third-order valence-corrected chi connectivity index (χ3v) is 3.98. The Morgan fingerprint density at radius 3 is 2.77 bits per heavy atom. The molecule has 0 saturated carbocycles. The Bertz CT molecular complexity index is 567. The van der Waals surface area contributed by atoms with Gasteiger partial charge in [0, 0.05) is 18.7 Å². The zero-order valence-corrected chi connectivity index (χ0v) is 12.5.